The van der Waals surface area contributed by atoms with Crippen LogP contribution in [0, 0.1) is 5.41 Å². The summed E-state index contributed by atoms with van der Waals surface area (Å²) >= 11 is 0. The highest BCUT2D eigenvalue weighted by Crippen LogP contribution is 2.45. The summed E-state index contributed by atoms with van der Waals surface area (Å²) in [5.41, 5.74) is 2.93. The molecule has 0 radical (unpaired) electrons. The molecule has 0 N–H and O–H groups in total. The maximum Gasteiger partial charge on any atom is 0.161 e. The molecule has 1 saturated carbocycles. The molecule has 1 unspecified atom stereocenters. The maximum absolute atomic E-state index is 6.42. The lowest BCUT2D eigenvalue weighted by atomic mass is 9.75. The minimum absolute atomic E-state index is 0.178. The van der Waals surface area contributed by atoms with Gasteiger partial charge >= 0.3 is 0 Å². The summed E-state index contributed by atoms with van der Waals surface area (Å²) in [6, 6.07) is 17.5. The molecule has 2 aromatic rings. The van der Waals surface area contributed by atoms with Crippen LogP contribution in [0.5, 0.6) is 11.5 Å². The van der Waals surface area contributed by atoms with Crippen molar-refractivity contribution in [2.24, 2.45) is 5.41 Å². The number of hydrogen-bond donors (Lipinski definition) is 0. The van der Waals surface area contributed by atoms with Crippen molar-refractivity contribution in [1.82, 2.24) is 9.80 Å². The highest BCUT2D eigenvalue weighted by Gasteiger charge is 2.44. The first-order chi connectivity index (χ1) is 15.0. The van der Waals surface area contributed by atoms with Crippen LogP contribution in [0.3, 0.4) is 0 Å². The Kier molecular flexibility index (Phi) is 6.88. The SMILES string of the molecule is COc1ccc(C2CN(Cc3ccccc3)C[C@@]2(C)CN(C)C)cc1OC1CCCC1. The van der Waals surface area contributed by atoms with Gasteiger partial charge in [-0.05, 0) is 63.0 Å². The van der Waals surface area contributed by atoms with Gasteiger partial charge in [-0.15, -0.1) is 0 Å². The second-order valence-electron chi connectivity index (χ2n) is 10.0. The van der Waals surface area contributed by atoms with Crippen molar-refractivity contribution in [2.75, 3.05) is 40.8 Å². The number of benzene rings is 2. The smallest absolute Gasteiger partial charge is 0.161 e. The van der Waals surface area contributed by atoms with E-state index in [0.717, 1.165) is 50.5 Å². The van der Waals surface area contributed by atoms with Gasteiger partial charge in [-0.1, -0.05) is 43.3 Å². The zero-order chi connectivity index (χ0) is 21.8. The molecule has 31 heavy (non-hydrogen) atoms. The van der Waals surface area contributed by atoms with Gasteiger partial charge < -0.3 is 14.4 Å². The van der Waals surface area contributed by atoms with Crippen LogP contribution < -0.4 is 9.47 Å². The van der Waals surface area contributed by atoms with Crippen LogP contribution in [0.1, 0.15) is 49.7 Å². The van der Waals surface area contributed by atoms with Gasteiger partial charge in [0.15, 0.2) is 11.5 Å². The molecule has 2 aliphatic rings. The second kappa shape index (κ2) is 9.62. The van der Waals surface area contributed by atoms with Crippen LogP contribution in [0.15, 0.2) is 48.5 Å². The lowest BCUT2D eigenvalue weighted by Crippen LogP contribution is -2.37. The Morgan fingerprint density at radius 1 is 1.03 bits per heavy atom. The van der Waals surface area contributed by atoms with E-state index in [-0.39, 0.29) is 5.41 Å². The van der Waals surface area contributed by atoms with Crippen molar-refractivity contribution >= 4 is 0 Å². The summed E-state index contributed by atoms with van der Waals surface area (Å²) in [7, 11) is 6.11. The van der Waals surface area contributed by atoms with Gasteiger partial charge in [0.25, 0.3) is 0 Å². The van der Waals surface area contributed by atoms with Gasteiger partial charge in [-0.3, -0.25) is 4.90 Å². The summed E-state index contributed by atoms with van der Waals surface area (Å²) in [5, 5.41) is 0. The number of rotatable bonds is 8. The number of ether oxygens (including phenoxy) is 2. The Hall–Kier alpha value is -2.04. The first-order valence-electron chi connectivity index (χ1n) is 11.7. The Balaban J connectivity index is 1.59. The molecule has 168 valence electrons. The van der Waals surface area contributed by atoms with Gasteiger partial charge in [0.1, 0.15) is 0 Å². The summed E-state index contributed by atoms with van der Waals surface area (Å²) in [4.78, 5) is 4.95. The van der Waals surface area contributed by atoms with Crippen LogP contribution in [-0.4, -0.2) is 56.7 Å². The topological polar surface area (TPSA) is 24.9 Å². The zero-order valence-electron chi connectivity index (χ0n) is 19.6. The minimum Gasteiger partial charge on any atom is -0.493 e. The van der Waals surface area contributed by atoms with E-state index in [4.69, 9.17) is 9.47 Å². The highest BCUT2D eigenvalue weighted by atomic mass is 16.5. The van der Waals surface area contributed by atoms with Gasteiger partial charge in [-0.2, -0.15) is 0 Å². The van der Waals surface area contributed by atoms with Crippen LogP contribution in [0.2, 0.25) is 0 Å². The molecule has 1 saturated heterocycles. The molecule has 4 heteroatoms. The zero-order valence-corrected chi connectivity index (χ0v) is 19.6. The number of hydrogen-bond acceptors (Lipinski definition) is 4. The van der Waals surface area contributed by atoms with Crippen molar-refractivity contribution in [2.45, 2.75) is 51.2 Å². The number of methoxy groups -OCH3 is 1. The summed E-state index contributed by atoms with van der Waals surface area (Å²) in [6.45, 7) is 6.67. The Bertz CT molecular complexity index is 848. The predicted octanol–water partition coefficient (Wildman–Crippen LogP) is 5.18. The standard InChI is InChI=1S/C27H38N2O2/c1-27(19-28(2)3)20-29(17-21-10-6-5-7-11-21)18-24(27)22-14-15-25(30-4)26(16-22)31-23-12-8-9-13-23/h5-7,10-11,14-16,23-24H,8-9,12-13,17-20H2,1-4H3/t24?,27-/m1/s1. The van der Waals surface area contributed by atoms with E-state index in [1.807, 2.05) is 0 Å². The lowest BCUT2D eigenvalue weighted by molar-refractivity contribution is 0.193. The van der Waals surface area contributed by atoms with Crippen molar-refractivity contribution in [3.63, 3.8) is 0 Å². The van der Waals surface area contributed by atoms with Crippen LogP contribution in [-0.2, 0) is 6.54 Å². The maximum atomic E-state index is 6.42. The lowest BCUT2D eigenvalue weighted by Gasteiger charge is -2.34. The number of likely N-dealkylation sites (tertiary alicyclic amines) is 1. The first-order valence-corrected chi connectivity index (χ1v) is 11.7. The van der Waals surface area contributed by atoms with E-state index >= 15 is 0 Å². The normalized spacial score (nSPS) is 24.7. The van der Waals surface area contributed by atoms with Crippen molar-refractivity contribution in [3.8, 4) is 11.5 Å². The molecule has 2 aromatic carbocycles. The fraction of sp³-hybridized carbons (Fsp3) is 0.556. The van der Waals surface area contributed by atoms with Gasteiger partial charge in [0.2, 0.25) is 0 Å². The fourth-order valence-electron chi connectivity index (χ4n) is 5.70. The molecular weight excluding hydrogens is 384 g/mol. The third-order valence-electron chi connectivity index (χ3n) is 6.98. The van der Waals surface area contributed by atoms with E-state index < -0.39 is 0 Å². The van der Waals surface area contributed by atoms with E-state index in [1.54, 1.807) is 7.11 Å². The summed E-state index contributed by atoms with van der Waals surface area (Å²) < 4.78 is 12.1. The Morgan fingerprint density at radius 3 is 2.45 bits per heavy atom. The van der Waals surface area contributed by atoms with E-state index in [0.29, 0.717) is 12.0 Å². The predicted molar refractivity (Wildman–Crippen MR) is 127 cm³/mol. The molecular formula is C27H38N2O2. The van der Waals surface area contributed by atoms with E-state index in [1.165, 1.54) is 24.0 Å². The molecule has 0 amide bonds. The fourth-order valence-corrected chi connectivity index (χ4v) is 5.70. The molecule has 0 spiro atoms. The monoisotopic (exact) mass is 422 g/mol. The van der Waals surface area contributed by atoms with E-state index in [2.05, 4.69) is 79.3 Å². The van der Waals surface area contributed by atoms with Crippen LogP contribution >= 0.6 is 0 Å². The molecule has 0 bridgehead atoms. The molecule has 4 rings (SSSR count). The third kappa shape index (κ3) is 5.24. The van der Waals surface area contributed by atoms with Crippen molar-refractivity contribution < 1.29 is 9.47 Å². The largest absolute Gasteiger partial charge is 0.493 e. The number of nitrogens with zero attached hydrogens (tertiary/aromatic N) is 2. The molecule has 2 fully saturated rings. The van der Waals surface area contributed by atoms with Gasteiger partial charge in [0, 0.05) is 37.5 Å². The molecule has 1 heterocycles. The van der Waals surface area contributed by atoms with E-state index in [9.17, 15) is 0 Å². The van der Waals surface area contributed by atoms with Gasteiger partial charge in [-0.25, -0.2) is 0 Å². The summed E-state index contributed by atoms with van der Waals surface area (Å²) in [5.74, 6) is 2.22. The molecule has 4 nitrogen and oxygen atoms in total. The molecule has 2 atom stereocenters. The highest BCUT2D eigenvalue weighted by molar-refractivity contribution is 5.45. The summed E-state index contributed by atoms with van der Waals surface area (Å²) in [6.07, 6.45) is 5.17. The molecule has 0 aromatic heterocycles. The molecule has 1 aliphatic carbocycles. The molecule has 1 aliphatic heterocycles. The Morgan fingerprint density at radius 2 is 1.77 bits per heavy atom. The van der Waals surface area contributed by atoms with Gasteiger partial charge in [0.05, 0.1) is 13.2 Å². The average Bonchev–Trinajstić information content (AvgIpc) is 3.35. The van der Waals surface area contributed by atoms with Crippen molar-refractivity contribution in [3.05, 3.63) is 59.7 Å². The van der Waals surface area contributed by atoms with Crippen LogP contribution in [0.4, 0.5) is 0 Å². The Labute approximate surface area is 188 Å². The first kappa shape index (κ1) is 22.2. The third-order valence-corrected chi connectivity index (χ3v) is 6.98. The van der Waals surface area contributed by atoms with Crippen molar-refractivity contribution in [1.29, 1.82) is 0 Å². The minimum atomic E-state index is 0.178. The quantitative estimate of drug-likeness (QED) is 0.585. The van der Waals surface area contributed by atoms with Crippen LogP contribution in [0.25, 0.3) is 0 Å². The second-order valence-corrected chi connectivity index (χ2v) is 10.0. The average molecular weight is 423 g/mol.